The SMILES string of the molecule is O=C(Nc1ccc(N2CCOCC2)cc1N1CCOCC1)c1cc2c(s1)CCCCC2. The minimum Gasteiger partial charge on any atom is -0.378 e. The van der Waals surface area contributed by atoms with E-state index >= 15 is 0 Å². The maximum atomic E-state index is 13.2. The number of ether oxygens (including phenoxy) is 2. The molecule has 7 heteroatoms. The van der Waals surface area contributed by atoms with Crippen molar-refractivity contribution in [2.24, 2.45) is 0 Å². The first-order valence-electron chi connectivity index (χ1n) is 11.5. The van der Waals surface area contributed by atoms with Crippen LogP contribution in [-0.2, 0) is 22.3 Å². The zero-order valence-electron chi connectivity index (χ0n) is 18.0. The van der Waals surface area contributed by atoms with Crippen molar-refractivity contribution >= 4 is 34.3 Å². The molecule has 166 valence electrons. The Morgan fingerprint density at radius 3 is 2.35 bits per heavy atom. The number of fused-ring (bicyclic) bond motifs is 1. The molecular weight excluding hydrogens is 410 g/mol. The number of hydrogen-bond donors (Lipinski definition) is 1. The van der Waals surface area contributed by atoms with Gasteiger partial charge in [-0.15, -0.1) is 11.3 Å². The van der Waals surface area contributed by atoms with Crippen molar-refractivity contribution in [2.75, 3.05) is 67.7 Å². The summed E-state index contributed by atoms with van der Waals surface area (Å²) in [6, 6.07) is 8.52. The lowest BCUT2D eigenvalue weighted by Crippen LogP contribution is -2.38. The second kappa shape index (κ2) is 9.59. The third kappa shape index (κ3) is 4.73. The highest BCUT2D eigenvalue weighted by molar-refractivity contribution is 7.14. The number of amides is 1. The van der Waals surface area contributed by atoms with Crippen LogP contribution in [0.25, 0.3) is 0 Å². The summed E-state index contributed by atoms with van der Waals surface area (Å²) in [5.74, 6) is 0.00621. The third-order valence-corrected chi connectivity index (χ3v) is 7.66. The number of morpholine rings is 2. The first-order valence-corrected chi connectivity index (χ1v) is 12.3. The second-order valence-corrected chi connectivity index (χ2v) is 9.61. The zero-order valence-corrected chi connectivity index (χ0v) is 18.8. The standard InChI is InChI=1S/C24H31N3O3S/c28-24(23-16-18-4-2-1-3-5-22(18)31-23)25-20-7-6-19(26-8-12-29-13-9-26)17-21(20)27-10-14-30-15-11-27/h6-7,16-17H,1-5,8-15H2,(H,25,28). The van der Waals surface area contributed by atoms with E-state index in [0.29, 0.717) is 13.2 Å². The molecule has 0 radical (unpaired) electrons. The number of thiophene rings is 1. The predicted octanol–water partition coefficient (Wildman–Crippen LogP) is 3.94. The Labute approximate surface area is 188 Å². The van der Waals surface area contributed by atoms with Crippen LogP contribution in [0.15, 0.2) is 24.3 Å². The predicted molar refractivity (Wildman–Crippen MR) is 126 cm³/mol. The van der Waals surface area contributed by atoms with Gasteiger partial charge in [0.1, 0.15) is 0 Å². The minimum atomic E-state index is 0.00621. The Morgan fingerprint density at radius 1 is 0.871 bits per heavy atom. The van der Waals surface area contributed by atoms with Crippen molar-refractivity contribution in [3.63, 3.8) is 0 Å². The molecule has 1 aliphatic carbocycles. The Bertz CT molecular complexity index is 893. The average Bonchev–Trinajstić information content (AvgIpc) is 3.11. The van der Waals surface area contributed by atoms with Crippen LogP contribution in [0, 0.1) is 0 Å². The van der Waals surface area contributed by atoms with Crippen LogP contribution in [-0.4, -0.2) is 58.5 Å². The molecule has 0 atom stereocenters. The smallest absolute Gasteiger partial charge is 0.265 e. The summed E-state index contributed by atoms with van der Waals surface area (Å²) in [7, 11) is 0. The van der Waals surface area contributed by atoms with Gasteiger partial charge in [0.2, 0.25) is 0 Å². The van der Waals surface area contributed by atoms with Crippen molar-refractivity contribution in [2.45, 2.75) is 32.1 Å². The second-order valence-electron chi connectivity index (χ2n) is 8.47. The van der Waals surface area contributed by atoms with Crippen LogP contribution in [0.2, 0.25) is 0 Å². The van der Waals surface area contributed by atoms with Crippen LogP contribution < -0.4 is 15.1 Å². The van der Waals surface area contributed by atoms with E-state index in [0.717, 1.165) is 68.5 Å². The van der Waals surface area contributed by atoms with Crippen molar-refractivity contribution in [1.82, 2.24) is 0 Å². The summed E-state index contributed by atoms with van der Waals surface area (Å²) in [4.78, 5) is 20.1. The molecule has 5 rings (SSSR count). The van der Waals surface area contributed by atoms with Crippen molar-refractivity contribution in [1.29, 1.82) is 0 Å². The summed E-state index contributed by atoms with van der Waals surface area (Å²) in [5, 5.41) is 3.22. The lowest BCUT2D eigenvalue weighted by atomic mass is 10.1. The number of benzene rings is 1. The van der Waals surface area contributed by atoms with Gasteiger partial charge in [-0.1, -0.05) is 6.42 Å². The van der Waals surface area contributed by atoms with Crippen LogP contribution >= 0.6 is 11.3 Å². The summed E-state index contributed by atoms with van der Waals surface area (Å²) < 4.78 is 11.1. The molecular formula is C24H31N3O3S. The monoisotopic (exact) mass is 441 g/mol. The number of rotatable bonds is 4. The zero-order chi connectivity index (χ0) is 21.0. The fraction of sp³-hybridized carbons (Fsp3) is 0.542. The lowest BCUT2D eigenvalue weighted by Gasteiger charge is -2.33. The van der Waals surface area contributed by atoms with Crippen LogP contribution in [0.1, 0.15) is 39.4 Å². The Hall–Kier alpha value is -2.09. The molecule has 2 aromatic rings. The highest BCUT2D eigenvalue weighted by atomic mass is 32.1. The summed E-state index contributed by atoms with van der Waals surface area (Å²) in [5.41, 5.74) is 4.53. The highest BCUT2D eigenvalue weighted by Crippen LogP contribution is 2.34. The largest absolute Gasteiger partial charge is 0.378 e. The van der Waals surface area contributed by atoms with E-state index in [1.54, 1.807) is 11.3 Å². The fourth-order valence-corrected chi connectivity index (χ4v) is 5.82. The van der Waals surface area contributed by atoms with E-state index in [4.69, 9.17) is 9.47 Å². The van der Waals surface area contributed by atoms with Gasteiger partial charge in [0.15, 0.2) is 0 Å². The van der Waals surface area contributed by atoms with Gasteiger partial charge in [0.05, 0.1) is 42.7 Å². The molecule has 2 fully saturated rings. The van der Waals surface area contributed by atoms with Crippen LogP contribution in [0.3, 0.4) is 0 Å². The molecule has 0 bridgehead atoms. The summed E-state index contributed by atoms with van der Waals surface area (Å²) in [6.45, 7) is 6.41. The summed E-state index contributed by atoms with van der Waals surface area (Å²) >= 11 is 1.68. The molecule has 3 aliphatic rings. The van der Waals surface area contributed by atoms with Crippen molar-refractivity contribution in [3.8, 4) is 0 Å². The molecule has 1 aromatic carbocycles. The number of hydrogen-bond acceptors (Lipinski definition) is 6. The van der Waals surface area contributed by atoms with E-state index in [1.807, 2.05) is 0 Å². The van der Waals surface area contributed by atoms with Gasteiger partial charge in [-0.25, -0.2) is 0 Å². The Balaban J connectivity index is 1.40. The topological polar surface area (TPSA) is 54.0 Å². The molecule has 1 N–H and O–H groups in total. The van der Waals surface area contributed by atoms with E-state index in [1.165, 1.54) is 35.4 Å². The van der Waals surface area contributed by atoms with Gasteiger partial charge in [-0.3, -0.25) is 4.79 Å². The quantitative estimate of drug-likeness (QED) is 0.729. The van der Waals surface area contributed by atoms with Gasteiger partial charge < -0.3 is 24.6 Å². The number of aryl methyl sites for hydroxylation is 2. The van der Waals surface area contributed by atoms with E-state index < -0.39 is 0 Å². The molecule has 1 amide bonds. The van der Waals surface area contributed by atoms with Gasteiger partial charge >= 0.3 is 0 Å². The van der Waals surface area contributed by atoms with Gasteiger partial charge in [-0.2, -0.15) is 0 Å². The maximum Gasteiger partial charge on any atom is 0.265 e. The first kappa shape index (κ1) is 20.8. The highest BCUT2D eigenvalue weighted by Gasteiger charge is 2.21. The van der Waals surface area contributed by atoms with Crippen LogP contribution in [0.5, 0.6) is 0 Å². The van der Waals surface area contributed by atoms with E-state index in [9.17, 15) is 4.79 Å². The Morgan fingerprint density at radius 2 is 1.58 bits per heavy atom. The summed E-state index contributed by atoms with van der Waals surface area (Å²) in [6.07, 6.45) is 5.97. The number of anilines is 3. The third-order valence-electron chi connectivity index (χ3n) is 6.43. The lowest BCUT2D eigenvalue weighted by molar-refractivity contribution is 0.103. The molecule has 6 nitrogen and oxygen atoms in total. The van der Waals surface area contributed by atoms with E-state index in [2.05, 4.69) is 39.4 Å². The number of nitrogens with one attached hydrogen (secondary N) is 1. The fourth-order valence-electron chi connectivity index (χ4n) is 4.67. The normalized spacial score (nSPS) is 19.6. The first-order chi connectivity index (χ1) is 15.3. The molecule has 2 aliphatic heterocycles. The van der Waals surface area contributed by atoms with Crippen molar-refractivity contribution < 1.29 is 14.3 Å². The van der Waals surface area contributed by atoms with E-state index in [-0.39, 0.29) is 5.91 Å². The number of nitrogens with zero attached hydrogens (tertiary/aromatic N) is 2. The molecule has 2 saturated heterocycles. The number of carbonyl (C=O) groups excluding carboxylic acids is 1. The average molecular weight is 442 g/mol. The number of carbonyl (C=O) groups is 1. The molecule has 31 heavy (non-hydrogen) atoms. The van der Waals surface area contributed by atoms with Crippen LogP contribution in [0.4, 0.5) is 17.1 Å². The molecule has 0 spiro atoms. The molecule has 0 unspecified atom stereocenters. The van der Waals surface area contributed by atoms with Gasteiger partial charge in [0.25, 0.3) is 5.91 Å². The van der Waals surface area contributed by atoms with Crippen molar-refractivity contribution in [3.05, 3.63) is 39.6 Å². The van der Waals surface area contributed by atoms with Gasteiger partial charge in [-0.05, 0) is 55.5 Å². The molecule has 0 saturated carbocycles. The minimum absolute atomic E-state index is 0.00621. The van der Waals surface area contributed by atoms with Gasteiger partial charge in [0, 0.05) is 36.7 Å². The molecule has 1 aromatic heterocycles. The molecule has 3 heterocycles. The maximum absolute atomic E-state index is 13.2. The Kier molecular flexibility index (Phi) is 6.43.